The topological polar surface area (TPSA) is 29.0 Å². The summed E-state index contributed by atoms with van der Waals surface area (Å²) in [6.45, 7) is 1.91. The molecule has 1 fully saturated rings. The van der Waals surface area contributed by atoms with Gasteiger partial charge in [-0.15, -0.1) is 0 Å². The molecular weight excluding hydrogens is 285 g/mol. The predicted molar refractivity (Wildman–Crippen MR) is 83.4 cm³/mol. The summed E-state index contributed by atoms with van der Waals surface area (Å²) in [4.78, 5) is 11.4. The molecule has 3 nitrogen and oxygen atoms in total. The third-order valence-electron chi connectivity index (χ3n) is 3.90. The average molecular weight is 299 g/mol. The molecule has 0 saturated carbocycles. The molecule has 0 radical (unpaired) electrons. The van der Waals surface area contributed by atoms with E-state index in [2.05, 4.69) is 20.9 Å². The average Bonchev–Trinajstić information content (AvgIpc) is 3.14. The van der Waals surface area contributed by atoms with Gasteiger partial charge >= 0.3 is 0 Å². The zero-order valence-electron chi connectivity index (χ0n) is 11.4. The second-order valence-electron chi connectivity index (χ2n) is 5.29. The lowest BCUT2D eigenvalue weighted by atomic mass is 10.0. The molecule has 21 heavy (non-hydrogen) atoms. The third-order valence-corrected chi connectivity index (χ3v) is 4.98. The number of benzene rings is 1. The van der Waals surface area contributed by atoms with Crippen LogP contribution in [0.2, 0.25) is 0 Å². The summed E-state index contributed by atoms with van der Waals surface area (Å²) < 4.78 is 14.2. The Hall–Kier alpha value is -2.01. The van der Waals surface area contributed by atoms with Crippen LogP contribution in [0.15, 0.2) is 42.6 Å². The minimum absolute atomic E-state index is 0.203. The van der Waals surface area contributed by atoms with Gasteiger partial charge in [-0.3, -0.25) is 4.98 Å². The molecule has 0 amide bonds. The molecule has 0 aliphatic carbocycles. The van der Waals surface area contributed by atoms with Gasteiger partial charge in [-0.1, -0.05) is 17.4 Å². The van der Waals surface area contributed by atoms with E-state index in [-0.39, 0.29) is 5.82 Å². The van der Waals surface area contributed by atoms with Gasteiger partial charge in [-0.05, 0) is 36.8 Å². The van der Waals surface area contributed by atoms with Crippen LogP contribution in [-0.4, -0.2) is 23.1 Å². The van der Waals surface area contributed by atoms with Crippen LogP contribution in [-0.2, 0) is 0 Å². The number of halogens is 1. The molecule has 0 N–H and O–H groups in total. The molecule has 5 heteroatoms. The minimum atomic E-state index is -0.203. The lowest BCUT2D eigenvalue weighted by Crippen LogP contribution is -2.18. The first-order chi connectivity index (χ1) is 10.3. The lowest BCUT2D eigenvalue weighted by molar-refractivity contribution is 0.630. The van der Waals surface area contributed by atoms with E-state index in [1.54, 1.807) is 23.5 Å². The van der Waals surface area contributed by atoms with Crippen molar-refractivity contribution in [3.05, 3.63) is 54.1 Å². The van der Waals surface area contributed by atoms with Crippen LogP contribution in [0.4, 0.5) is 9.52 Å². The van der Waals surface area contributed by atoms with Crippen LogP contribution in [0.3, 0.4) is 0 Å². The molecule has 1 aromatic carbocycles. The Morgan fingerprint density at radius 3 is 3.05 bits per heavy atom. The smallest absolute Gasteiger partial charge is 0.186 e. The second-order valence-corrected chi connectivity index (χ2v) is 6.30. The molecule has 1 atom stereocenters. The first-order valence-corrected chi connectivity index (χ1v) is 7.83. The van der Waals surface area contributed by atoms with Crippen molar-refractivity contribution in [1.82, 2.24) is 9.97 Å². The van der Waals surface area contributed by atoms with E-state index < -0.39 is 0 Å². The Bertz CT molecular complexity index is 772. The summed E-state index contributed by atoms with van der Waals surface area (Å²) in [5.41, 5.74) is 2.02. The van der Waals surface area contributed by atoms with Gasteiger partial charge in [0, 0.05) is 30.9 Å². The highest BCUT2D eigenvalue weighted by Crippen LogP contribution is 2.34. The molecule has 1 saturated heterocycles. The van der Waals surface area contributed by atoms with Gasteiger partial charge in [0.15, 0.2) is 5.13 Å². The van der Waals surface area contributed by atoms with Crippen LogP contribution in [0, 0.1) is 5.82 Å². The van der Waals surface area contributed by atoms with Crippen LogP contribution in [0.1, 0.15) is 18.0 Å². The highest BCUT2D eigenvalue weighted by atomic mass is 32.1. The highest BCUT2D eigenvalue weighted by Gasteiger charge is 2.26. The van der Waals surface area contributed by atoms with Gasteiger partial charge < -0.3 is 4.90 Å². The Morgan fingerprint density at radius 2 is 2.19 bits per heavy atom. The fourth-order valence-electron chi connectivity index (χ4n) is 2.81. The van der Waals surface area contributed by atoms with Crippen molar-refractivity contribution in [1.29, 1.82) is 0 Å². The van der Waals surface area contributed by atoms with Crippen molar-refractivity contribution < 1.29 is 4.39 Å². The Kier molecular flexibility index (Phi) is 3.07. The van der Waals surface area contributed by atoms with Crippen molar-refractivity contribution in [2.24, 2.45) is 0 Å². The van der Waals surface area contributed by atoms with Crippen molar-refractivity contribution in [3.8, 4) is 0 Å². The summed E-state index contributed by atoms with van der Waals surface area (Å²) in [6.07, 6.45) is 2.93. The zero-order chi connectivity index (χ0) is 14.2. The molecule has 1 unspecified atom stereocenters. The molecular formula is C16H14FN3S. The Labute approximate surface area is 126 Å². The fourth-order valence-corrected chi connectivity index (χ4v) is 3.84. The summed E-state index contributed by atoms with van der Waals surface area (Å²) in [5, 5.41) is 0.981. The maximum Gasteiger partial charge on any atom is 0.186 e. The normalized spacial score (nSPS) is 18.5. The van der Waals surface area contributed by atoms with Gasteiger partial charge in [0.1, 0.15) is 5.82 Å². The number of fused-ring (bicyclic) bond motifs is 1. The second kappa shape index (κ2) is 5.07. The van der Waals surface area contributed by atoms with Gasteiger partial charge in [0.05, 0.1) is 10.2 Å². The molecule has 0 bridgehead atoms. The van der Waals surface area contributed by atoms with E-state index in [9.17, 15) is 4.39 Å². The first kappa shape index (κ1) is 12.7. The lowest BCUT2D eigenvalue weighted by Gasteiger charge is -2.14. The number of hydrogen-bond donors (Lipinski definition) is 0. The molecule has 1 aliphatic rings. The van der Waals surface area contributed by atoms with Gasteiger partial charge in [0.25, 0.3) is 0 Å². The number of hydrogen-bond acceptors (Lipinski definition) is 4. The molecule has 1 aliphatic heterocycles. The summed E-state index contributed by atoms with van der Waals surface area (Å²) >= 11 is 1.56. The fraction of sp³-hybridized carbons (Fsp3) is 0.250. The summed E-state index contributed by atoms with van der Waals surface area (Å²) in [6, 6.07) is 10.8. The number of aromatic nitrogens is 2. The maximum atomic E-state index is 13.3. The van der Waals surface area contributed by atoms with Gasteiger partial charge in [-0.2, -0.15) is 0 Å². The predicted octanol–water partition coefficient (Wildman–Crippen LogP) is 3.82. The number of pyridine rings is 1. The van der Waals surface area contributed by atoms with Crippen molar-refractivity contribution in [2.75, 3.05) is 18.0 Å². The first-order valence-electron chi connectivity index (χ1n) is 7.01. The van der Waals surface area contributed by atoms with E-state index in [0.717, 1.165) is 40.6 Å². The quantitative estimate of drug-likeness (QED) is 0.720. The molecule has 2 aromatic heterocycles. The maximum absolute atomic E-state index is 13.3. The Morgan fingerprint density at radius 1 is 1.24 bits per heavy atom. The van der Waals surface area contributed by atoms with E-state index >= 15 is 0 Å². The Balaban J connectivity index is 1.59. The van der Waals surface area contributed by atoms with E-state index in [4.69, 9.17) is 0 Å². The standard InChI is InChI=1S/C16H14FN3S/c17-12-4-5-14-15(9-12)21-16(19-14)20-8-6-11(10-20)13-3-1-2-7-18-13/h1-5,7,9,11H,6,8,10H2. The zero-order valence-corrected chi connectivity index (χ0v) is 12.2. The van der Waals surface area contributed by atoms with E-state index in [1.165, 1.54) is 6.07 Å². The SMILES string of the molecule is Fc1ccc2nc(N3CCC(c4ccccn4)C3)sc2c1. The van der Waals surface area contributed by atoms with Crippen LogP contribution >= 0.6 is 11.3 Å². The van der Waals surface area contributed by atoms with Crippen molar-refractivity contribution in [2.45, 2.75) is 12.3 Å². The summed E-state index contributed by atoms with van der Waals surface area (Å²) in [5.74, 6) is 0.250. The largest absolute Gasteiger partial charge is 0.347 e. The minimum Gasteiger partial charge on any atom is -0.347 e. The number of anilines is 1. The number of thiazole rings is 1. The van der Waals surface area contributed by atoms with Crippen LogP contribution in [0.25, 0.3) is 10.2 Å². The molecule has 0 spiro atoms. The van der Waals surface area contributed by atoms with E-state index in [1.807, 2.05) is 18.3 Å². The van der Waals surface area contributed by atoms with Crippen LogP contribution < -0.4 is 4.90 Å². The van der Waals surface area contributed by atoms with Crippen molar-refractivity contribution in [3.63, 3.8) is 0 Å². The molecule has 3 heterocycles. The molecule has 106 valence electrons. The van der Waals surface area contributed by atoms with Crippen LogP contribution in [0.5, 0.6) is 0 Å². The van der Waals surface area contributed by atoms with Crippen molar-refractivity contribution >= 4 is 26.7 Å². The van der Waals surface area contributed by atoms with Gasteiger partial charge in [-0.25, -0.2) is 9.37 Å². The molecule has 3 aromatic rings. The van der Waals surface area contributed by atoms with E-state index in [0.29, 0.717) is 5.92 Å². The third kappa shape index (κ3) is 2.38. The number of rotatable bonds is 2. The monoisotopic (exact) mass is 299 g/mol. The summed E-state index contributed by atoms with van der Waals surface area (Å²) in [7, 11) is 0. The van der Waals surface area contributed by atoms with Gasteiger partial charge in [0.2, 0.25) is 0 Å². The molecule has 4 rings (SSSR count). The highest BCUT2D eigenvalue weighted by molar-refractivity contribution is 7.22. The number of nitrogens with zero attached hydrogens (tertiary/aromatic N) is 3.